The van der Waals surface area contributed by atoms with Gasteiger partial charge in [-0.2, -0.15) is 0 Å². The number of rotatable bonds is 2. The molecule has 1 N–H and O–H groups in total. The van der Waals surface area contributed by atoms with E-state index in [1.807, 2.05) is 0 Å². The van der Waals surface area contributed by atoms with Crippen LogP contribution in [0.25, 0.3) is 0 Å². The lowest BCUT2D eigenvalue weighted by molar-refractivity contribution is -0.173. The summed E-state index contributed by atoms with van der Waals surface area (Å²) in [5.74, 6) is 1.22. The van der Waals surface area contributed by atoms with Gasteiger partial charge in [0.25, 0.3) is 0 Å². The fraction of sp³-hybridized carbons (Fsp3) is 0.867. The van der Waals surface area contributed by atoms with Gasteiger partial charge in [0.2, 0.25) is 5.91 Å². The maximum absolute atomic E-state index is 12.0. The molecule has 4 aliphatic carbocycles. The summed E-state index contributed by atoms with van der Waals surface area (Å²) < 4.78 is 0. The summed E-state index contributed by atoms with van der Waals surface area (Å²) in [5, 5.41) is 9.60. The number of amides is 1. The van der Waals surface area contributed by atoms with E-state index in [0.717, 1.165) is 45.1 Å². The molecule has 1 amide bonds. The highest BCUT2D eigenvalue weighted by Gasteiger charge is 2.60. The molecule has 4 bridgehead atoms. The summed E-state index contributed by atoms with van der Waals surface area (Å²) in [6.45, 7) is 0.904. The lowest BCUT2D eigenvalue weighted by atomic mass is 9.47. The molecule has 104 valence electrons. The van der Waals surface area contributed by atoms with E-state index < -0.39 is 11.4 Å². The summed E-state index contributed by atoms with van der Waals surface area (Å²) in [4.78, 5) is 25.8. The van der Waals surface area contributed by atoms with Crippen LogP contribution in [0.1, 0.15) is 44.9 Å². The summed E-state index contributed by atoms with van der Waals surface area (Å²) in [5.41, 5.74) is -0.449. The Bertz CT molecular complexity index is 431. The Morgan fingerprint density at radius 1 is 1.21 bits per heavy atom. The average Bonchev–Trinajstić information content (AvgIpc) is 2.74. The number of carboxylic acid groups (broad SMARTS) is 1. The maximum Gasteiger partial charge on any atom is 0.309 e. The molecule has 5 rings (SSSR count). The minimum absolute atomic E-state index is 0.307. The van der Waals surface area contributed by atoms with Gasteiger partial charge in [-0.3, -0.25) is 9.59 Å². The molecule has 1 saturated heterocycles. The summed E-state index contributed by atoms with van der Waals surface area (Å²) in [6.07, 6.45) is 6.50. The van der Waals surface area contributed by atoms with E-state index in [-0.39, 0.29) is 0 Å². The predicted octanol–water partition coefficient (Wildman–Crippen LogP) is 1.89. The maximum atomic E-state index is 12.0. The standard InChI is InChI=1S/C15H21NO3/c17-12-2-1-3-16(12)13-10-4-9-5-11(13)8-15(6-9,7-10)14(18)19/h9-11,13H,1-8H2,(H,18,19). The fourth-order valence-electron chi connectivity index (χ4n) is 5.75. The first-order valence-electron chi connectivity index (χ1n) is 7.62. The number of aliphatic carboxylic acids is 1. The number of carbonyl (C=O) groups excluding carboxylic acids is 1. The Kier molecular flexibility index (Phi) is 2.31. The third-order valence-electron chi connectivity index (χ3n) is 6.15. The molecule has 0 aromatic heterocycles. The first-order valence-corrected chi connectivity index (χ1v) is 7.62. The fourth-order valence-corrected chi connectivity index (χ4v) is 5.75. The van der Waals surface area contributed by atoms with Crippen molar-refractivity contribution >= 4 is 11.9 Å². The quantitative estimate of drug-likeness (QED) is 0.827. The predicted molar refractivity (Wildman–Crippen MR) is 68.4 cm³/mol. The summed E-state index contributed by atoms with van der Waals surface area (Å²) in [6, 6.07) is 0.360. The molecule has 2 atom stereocenters. The van der Waals surface area contributed by atoms with Gasteiger partial charge in [-0.25, -0.2) is 0 Å². The molecule has 4 saturated carbocycles. The number of carbonyl (C=O) groups is 2. The van der Waals surface area contributed by atoms with Crippen LogP contribution in [-0.4, -0.2) is 34.5 Å². The van der Waals surface area contributed by atoms with Crippen molar-refractivity contribution in [3.05, 3.63) is 0 Å². The van der Waals surface area contributed by atoms with Gasteiger partial charge in [-0.15, -0.1) is 0 Å². The number of hydrogen-bond donors (Lipinski definition) is 1. The first kappa shape index (κ1) is 11.7. The van der Waals surface area contributed by atoms with Crippen LogP contribution in [0.15, 0.2) is 0 Å². The second-order valence-electron chi connectivity index (χ2n) is 7.24. The largest absolute Gasteiger partial charge is 0.481 e. The van der Waals surface area contributed by atoms with E-state index in [1.165, 1.54) is 0 Å². The normalized spacial score (nSPS) is 48.0. The molecule has 5 fully saturated rings. The average molecular weight is 263 g/mol. The van der Waals surface area contributed by atoms with Crippen LogP contribution >= 0.6 is 0 Å². The zero-order valence-electron chi connectivity index (χ0n) is 11.2. The minimum atomic E-state index is -0.585. The molecule has 1 aliphatic heterocycles. The molecular formula is C15H21NO3. The van der Waals surface area contributed by atoms with E-state index >= 15 is 0 Å². The molecule has 5 aliphatic rings. The second-order valence-corrected chi connectivity index (χ2v) is 7.24. The van der Waals surface area contributed by atoms with Gasteiger partial charge in [0.1, 0.15) is 0 Å². The highest BCUT2D eigenvalue weighted by Crippen LogP contribution is 2.61. The monoisotopic (exact) mass is 263 g/mol. The van der Waals surface area contributed by atoms with Crippen molar-refractivity contribution < 1.29 is 14.7 Å². The van der Waals surface area contributed by atoms with E-state index in [2.05, 4.69) is 4.90 Å². The minimum Gasteiger partial charge on any atom is -0.481 e. The number of hydrogen-bond acceptors (Lipinski definition) is 2. The lowest BCUT2D eigenvalue weighted by Crippen LogP contribution is -2.61. The number of likely N-dealkylation sites (tertiary alicyclic amines) is 1. The lowest BCUT2D eigenvalue weighted by Gasteiger charge is -2.60. The van der Waals surface area contributed by atoms with Crippen molar-refractivity contribution in [3.8, 4) is 0 Å². The Morgan fingerprint density at radius 2 is 1.89 bits per heavy atom. The molecule has 19 heavy (non-hydrogen) atoms. The van der Waals surface area contributed by atoms with Gasteiger partial charge in [0.15, 0.2) is 0 Å². The Morgan fingerprint density at radius 3 is 2.42 bits per heavy atom. The highest BCUT2D eigenvalue weighted by atomic mass is 16.4. The van der Waals surface area contributed by atoms with Crippen LogP contribution < -0.4 is 0 Å². The smallest absolute Gasteiger partial charge is 0.309 e. The Hall–Kier alpha value is -1.06. The SMILES string of the molecule is O=C1CCCN1C1C2CC3CC1CC(C(=O)O)(C3)C2. The molecule has 0 spiro atoms. The number of carboxylic acids is 1. The third-order valence-corrected chi connectivity index (χ3v) is 6.15. The molecule has 0 radical (unpaired) electrons. The van der Waals surface area contributed by atoms with Gasteiger partial charge in [0.05, 0.1) is 5.41 Å². The Labute approximate surface area is 113 Å². The molecule has 4 nitrogen and oxygen atoms in total. The van der Waals surface area contributed by atoms with Crippen molar-refractivity contribution in [3.63, 3.8) is 0 Å². The first-order chi connectivity index (χ1) is 9.09. The van der Waals surface area contributed by atoms with Crippen molar-refractivity contribution in [1.29, 1.82) is 0 Å². The van der Waals surface area contributed by atoms with Crippen molar-refractivity contribution in [1.82, 2.24) is 4.90 Å². The molecule has 0 aromatic rings. The van der Waals surface area contributed by atoms with Crippen molar-refractivity contribution in [2.75, 3.05) is 6.54 Å². The Balaban J connectivity index is 1.65. The third kappa shape index (κ3) is 1.52. The van der Waals surface area contributed by atoms with Crippen LogP contribution in [0.2, 0.25) is 0 Å². The van der Waals surface area contributed by atoms with Crippen LogP contribution in [-0.2, 0) is 9.59 Å². The van der Waals surface area contributed by atoms with E-state index in [1.54, 1.807) is 0 Å². The molecule has 1 heterocycles. The highest BCUT2D eigenvalue weighted by molar-refractivity contribution is 5.79. The zero-order valence-corrected chi connectivity index (χ0v) is 11.2. The van der Waals surface area contributed by atoms with Crippen molar-refractivity contribution in [2.45, 2.75) is 51.0 Å². The molecule has 4 heteroatoms. The van der Waals surface area contributed by atoms with Crippen LogP contribution in [0, 0.1) is 23.2 Å². The molecule has 0 aromatic carbocycles. The van der Waals surface area contributed by atoms with E-state index in [9.17, 15) is 14.7 Å². The van der Waals surface area contributed by atoms with Crippen LogP contribution in [0.3, 0.4) is 0 Å². The summed E-state index contributed by atoms with van der Waals surface area (Å²) in [7, 11) is 0. The van der Waals surface area contributed by atoms with Gasteiger partial charge >= 0.3 is 5.97 Å². The molecular weight excluding hydrogens is 242 g/mol. The zero-order chi connectivity index (χ0) is 13.2. The van der Waals surface area contributed by atoms with E-state index in [0.29, 0.717) is 36.1 Å². The van der Waals surface area contributed by atoms with Gasteiger partial charge in [-0.1, -0.05) is 0 Å². The molecule has 2 unspecified atom stereocenters. The second kappa shape index (κ2) is 3.74. The number of nitrogens with zero attached hydrogens (tertiary/aromatic N) is 1. The topological polar surface area (TPSA) is 57.6 Å². The van der Waals surface area contributed by atoms with Gasteiger partial charge < -0.3 is 10.0 Å². The van der Waals surface area contributed by atoms with Gasteiger partial charge in [-0.05, 0) is 56.3 Å². The van der Waals surface area contributed by atoms with E-state index in [4.69, 9.17) is 0 Å². The van der Waals surface area contributed by atoms with Crippen molar-refractivity contribution in [2.24, 2.45) is 23.2 Å². The van der Waals surface area contributed by atoms with Crippen LogP contribution in [0.5, 0.6) is 0 Å². The van der Waals surface area contributed by atoms with Crippen LogP contribution in [0.4, 0.5) is 0 Å². The summed E-state index contributed by atoms with van der Waals surface area (Å²) >= 11 is 0. The van der Waals surface area contributed by atoms with Gasteiger partial charge in [0, 0.05) is 19.0 Å².